The Morgan fingerprint density at radius 2 is 2.09 bits per heavy atom. The van der Waals surface area contributed by atoms with Gasteiger partial charge in [-0.05, 0) is 23.5 Å². The van der Waals surface area contributed by atoms with Crippen LogP contribution in [0.25, 0.3) is 0 Å². The van der Waals surface area contributed by atoms with Crippen molar-refractivity contribution in [3.05, 3.63) is 23.8 Å². The van der Waals surface area contributed by atoms with Crippen molar-refractivity contribution in [2.24, 2.45) is 5.41 Å². The summed E-state index contributed by atoms with van der Waals surface area (Å²) in [4.78, 5) is 11.3. The first-order valence-corrected chi connectivity index (χ1v) is 3.86. The van der Waals surface area contributed by atoms with Crippen molar-refractivity contribution in [1.29, 1.82) is 0 Å². The maximum atomic E-state index is 11.3. The zero-order valence-corrected chi connectivity index (χ0v) is 7.40. The third-order valence-electron chi connectivity index (χ3n) is 2.36. The lowest BCUT2D eigenvalue weighted by Gasteiger charge is -2.18. The normalized spacial score (nSPS) is 22.6. The van der Waals surface area contributed by atoms with Gasteiger partial charge in [-0.1, -0.05) is 26.5 Å². The number of ketones is 1. The molecule has 0 amide bonds. The molecular formula is C10H14O. The number of Topliss-reactive ketones (excluding diaryl/α,β-unsaturated/α-hetero) is 1. The molecule has 60 valence electrons. The van der Waals surface area contributed by atoms with Crippen LogP contribution in [-0.4, -0.2) is 5.78 Å². The van der Waals surface area contributed by atoms with Crippen LogP contribution in [0.5, 0.6) is 0 Å². The second-order valence-electron chi connectivity index (χ2n) is 3.73. The fraction of sp³-hybridized carbons (Fsp3) is 0.500. The highest BCUT2D eigenvalue weighted by molar-refractivity contribution is 5.99. The molecule has 0 aromatic rings. The standard InChI is InChI=1S/C10H14O/c1-5-8-7(2)9(11)6-10(8,3)4/h5H,1,6H2,2-4H3. The second kappa shape index (κ2) is 2.33. The van der Waals surface area contributed by atoms with Crippen LogP contribution in [0, 0.1) is 5.41 Å². The number of hydrogen-bond acceptors (Lipinski definition) is 1. The Balaban J connectivity index is 3.16. The van der Waals surface area contributed by atoms with Gasteiger partial charge in [0.15, 0.2) is 5.78 Å². The summed E-state index contributed by atoms with van der Waals surface area (Å²) in [5.41, 5.74) is 2.02. The summed E-state index contributed by atoms with van der Waals surface area (Å²) in [6.07, 6.45) is 2.44. The molecule has 0 fully saturated rings. The summed E-state index contributed by atoms with van der Waals surface area (Å²) < 4.78 is 0. The van der Waals surface area contributed by atoms with Crippen LogP contribution in [0.2, 0.25) is 0 Å². The van der Waals surface area contributed by atoms with Crippen molar-refractivity contribution in [1.82, 2.24) is 0 Å². The van der Waals surface area contributed by atoms with Crippen LogP contribution in [0.15, 0.2) is 23.8 Å². The van der Waals surface area contributed by atoms with Gasteiger partial charge in [-0.25, -0.2) is 0 Å². The third-order valence-corrected chi connectivity index (χ3v) is 2.36. The molecule has 1 aliphatic rings. The molecule has 0 aliphatic heterocycles. The van der Waals surface area contributed by atoms with Crippen LogP contribution in [0.4, 0.5) is 0 Å². The molecule has 0 heterocycles. The van der Waals surface area contributed by atoms with Gasteiger partial charge in [-0.15, -0.1) is 0 Å². The number of hydrogen-bond donors (Lipinski definition) is 0. The van der Waals surface area contributed by atoms with E-state index in [-0.39, 0.29) is 11.2 Å². The molecule has 0 aromatic heterocycles. The number of carbonyl (C=O) groups is 1. The zero-order valence-electron chi connectivity index (χ0n) is 7.40. The van der Waals surface area contributed by atoms with Gasteiger partial charge in [0.05, 0.1) is 0 Å². The van der Waals surface area contributed by atoms with E-state index in [1.807, 2.05) is 6.92 Å². The molecule has 0 unspecified atom stereocenters. The summed E-state index contributed by atoms with van der Waals surface area (Å²) in [6.45, 7) is 9.76. The Bertz CT molecular complexity index is 244. The molecule has 1 heteroatoms. The Kier molecular flexibility index (Phi) is 1.75. The molecule has 1 nitrogen and oxygen atoms in total. The first-order chi connectivity index (χ1) is 4.99. The van der Waals surface area contributed by atoms with Gasteiger partial charge < -0.3 is 0 Å². The summed E-state index contributed by atoms with van der Waals surface area (Å²) in [6, 6.07) is 0. The van der Waals surface area contributed by atoms with Crippen molar-refractivity contribution < 1.29 is 4.79 Å². The summed E-state index contributed by atoms with van der Waals surface area (Å²) in [5.74, 6) is 0.268. The minimum Gasteiger partial charge on any atom is -0.295 e. The predicted octanol–water partition coefficient (Wildman–Crippen LogP) is 2.49. The van der Waals surface area contributed by atoms with E-state index in [0.717, 1.165) is 11.1 Å². The lowest BCUT2D eigenvalue weighted by atomic mass is 9.85. The van der Waals surface area contributed by atoms with E-state index in [2.05, 4.69) is 20.4 Å². The van der Waals surface area contributed by atoms with E-state index in [9.17, 15) is 4.79 Å². The number of allylic oxidation sites excluding steroid dienone is 3. The summed E-state index contributed by atoms with van der Waals surface area (Å²) in [7, 11) is 0. The van der Waals surface area contributed by atoms with Gasteiger partial charge in [-0.2, -0.15) is 0 Å². The average Bonchev–Trinajstić information content (AvgIpc) is 2.03. The monoisotopic (exact) mass is 150 g/mol. The summed E-state index contributed by atoms with van der Waals surface area (Å²) in [5, 5.41) is 0. The van der Waals surface area contributed by atoms with Crippen molar-refractivity contribution in [3.8, 4) is 0 Å². The van der Waals surface area contributed by atoms with Crippen molar-refractivity contribution >= 4 is 5.78 Å². The fourth-order valence-electron chi connectivity index (χ4n) is 1.72. The topological polar surface area (TPSA) is 17.1 Å². The highest BCUT2D eigenvalue weighted by Crippen LogP contribution is 2.40. The largest absolute Gasteiger partial charge is 0.295 e. The molecule has 0 atom stereocenters. The maximum absolute atomic E-state index is 11.3. The Hall–Kier alpha value is -0.850. The molecular weight excluding hydrogens is 136 g/mol. The molecule has 11 heavy (non-hydrogen) atoms. The Morgan fingerprint density at radius 3 is 2.27 bits per heavy atom. The van der Waals surface area contributed by atoms with Crippen LogP contribution < -0.4 is 0 Å². The molecule has 1 rings (SSSR count). The third kappa shape index (κ3) is 1.15. The quantitative estimate of drug-likeness (QED) is 0.561. The van der Waals surface area contributed by atoms with Gasteiger partial charge in [0, 0.05) is 6.42 Å². The van der Waals surface area contributed by atoms with E-state index < -0.39 is 0 Å². The molecule has 0 N–H and O–H groups in total. The minimum absolute atomic E-state index is 0.0168. The fourth-order valence-corrected chi connectivity index (χ4v) is 1.72. The molecule has 0 saturated heterocycles. The molecule has 0 spiro atoms. The first kappa shape index (κ1) is 8.25. The van der Waals surface area contributed by atoms with E-state index >= 15 is 0 Å². The summed E-state index contributed by atoms with van der Waals surface area (Å²) >= 11 is 0. The predicted molar refractivity (Wildman–Crippen MR) is 46.3 cm³/mol. The lowest BCUT2D eigenvalue weighted by Crippen LogP contribution is -2.09. The maximum Gasteiger partial charge on any atom is 0.159 e. The van der Waals surface area contributed by atoms with Crippen LogP contribution in [-0.2, 0) is 4.79 Å². The minimum atomic E-state index is 0.0168. The van der Waals surface area contributed by atoms with Crippen LogP contribution >= 0.6 is 0 Å². The molecule has 0 saturated carbocycles. The highest BCUT2D eigenvalue weighted by Gasteiger charge is 2.34. The van der Waals surface area contributed by atoms with Crippen LogP contribution in [0.3, 0.4) is 0 Å². The lowest BCUT2D eigenvalue weighted by molar-refractivity contribution is -0.115. The van der Waals surface area contributed by atoms with Crippen LogP contribution in [0.1, 0.15) is 27.2 Å². The zero-order chi connectivity index (χ0) is 8.65. The van der Waals surface area contributed by atoms with Gasteiger partial charge >= 0.3 is 0 Å². The van der Waals surface area contributed by atoms with E-state index in [4.69, 9.17) is 0 Å². The number of rotatable bonds is 1. The highest BCUT2D eigenvalue weighted by atomic mass is 16.1. The van der Waals surface area contributed by atoms with Gasteiger partial charge in [-0.3, -0.25) is 4.79 Å². The van der Waals surface area contributed by atoms with E-state index in [0.29, 0.717) is 6.42 Å². The smallest absolute Gasteiger partial charge is 0.159 e. The van der Waals surface area contributed by atoms with Crippen molar-refractivity contribution in [2.45, 2.75) is 27.2 Å². The SMILES string of the molecule is C=CC1=C(C)C(=O)CC1(C)C. The first-order valence-electron chi connectivity index (χ1n) is 3.86. The molecule has 0 radical (unpaired) electrons. The molecule has 0 bridgehead atoms. The molecule has 0 aromatic carbocycles. The van der Waals surface area contributed by atoms with E-state index in [1.54, 1.807) is 6.08 Å². The van der Waals surface area contributed by atoms with Gasteiger partial charge in [0.2, 0.25) is 0 Å². The van der Waals surface area contributed by atoms with E-state index in [1.165, 1.54) is 0 Å². The Morgan fingerprint density at radius 1 is 1.55 bits per heavy atom. The average molecular weight is 150 g/mol. The van der Waals surface area contributed by atoms with Crippen molar-refractivity contribution in [2.75, 3.05) is 0 Å². The Labute approximate surface area is 67.8 Å². The van der Waals surface area contributed by atoms with Crippen molar-refractivity contribution in [3.63, 3.8) is 0 Å². The van der Waals surface area contributed by atoms with Gasteiger partial charge in [0.1, 0.15) is 0 Å². The molecule has 1 aliphatic carbocycles. The van der Waals surface area contributed by atoms with Gasteiger partial charge in [0.25, 0.3) is 0 Å². The number of carbonyl (C=O) groups excluding carboxylic acids is 1. The second-order valence-corrected chi connectivity index (χ2v) is 3.73.